The monoisotopic (exact) mass is 592 g/mol. The second kappa shape index (κ2) is 17.8. The first-order valence-corrected chi connectivity index (χ1v) is 12.8. The fourth-order valence-corrected chi connectivity index (χ4v) is 5.26. The van der Waals surface area contributed by atoms with Gasteiger partial charge in [-0.05, 0) is 73.4 Å². The molecule has 0 heterocycles. The average molecular weight is 593 g/mol. The number of benzene rings is 3. The zero-order valence-corrected chi connectivity index (χ0v) is 30.9. The first-order valence-electron chi connectivity index (χ1n) is 9.67. The van der Waals surface area contributed by atoms with E-state index in [4.69, 9.17) is 9.47 Å². The molecule has 1 atom stereocenters. The predicted octanol–water partition coefficient (Wildman–Crippen LogP) is -5.61. The maximum Gasteiger partial charge on any atom is 1.00 e. The molecule has 1 unspecified atom stereocenters. The summed E-state index contributed by atoms with van der Waals surface area (Å²) in [6.45, 7) is 0. The Morgan fingerprint density at radius 2 is 1.23 bits per heavy atom. The quantitative estimate of drug-likeness (QED) is 0.129. The predicted molar refractivity (Wildman–Crippen MR) is 114 cm³/mol. The van der Waals surface area contributed by atoms with Crippen molar-refractivity contribution in [1.29, 1.82) is 0 Å². The zero-order chi connectivity index (χ0) is 23.2. The number of para-hydroxylation sites is 1. The van der Waals surface area contributed by atoms with Gasteiger partial charge in [0.05, 0.1) is 4.99 Å². The largest absolute Gasteiger partial charge is 1.00 e. The van der Waals surface area contributed by atoms with Gasteiger partial charge in [0.15, 0.2) is 0 Å². The van der Waals surface area contributed by atoms with Gasteiger partial charge in [-0.1, -0.05) is 37.9 Å². The molecular weight excluding hydrogens is 573 g/mol. The molecule has 3 aromatic rings. The molecule has 0 aliphatic heterocycles. The van der Waals surface area contributed by atoms with Crippen molar-refractivity contribution in [3.8, 4) is 23.0 Å². The summed E-state index contributed by atoms with van der Waals surface area (Å²) >= 11 is 0. The van der Waals surface area contributed by atoms with Crippen molar-refractivity contribution in [1.82, 2.24) is 0 Å². The first kappa shape index (κ1) is 37.2. The van der Waals surface area contributed by atoms with Crippen LogP contribution >= 0.6 is 7.60 Å². The Hall–Kier alpha value is 2.23. The molecule has 170 valence electrons. The van der Waals surface area contributed by atoms with Crippen LogP contribution in [0, 0.1) is 0 Å². The molecule has 0 amide bonds. The smallest absolute Gasteiger partial charge is 0.810 e. The van der Waals surface area contributed by atoms with E-state index in [-0.39, 0.29) is 167 Å². The number of hydrogen-bond donors (Lipinski definition) is 0. The molecule has 0 saturated carbocycles. The molecule has 0 fully saturated rings. The van der Waals surface area contributed by atoms with Gasteiger partial charge in [0.25, 0.3) is 0 Å². The summed E-state index contributed by atoms with van der Waals surface area (Å²) < 4.78 is 55.8. The van der Waals surface area contributed by atoms with Crippen LogP contribution in [0.5, 0.6) is 23.0 Å². The van der Waals surface area contributed by atoms with Crippen molar-refractivity contribution in [3.63, 3.8) is 0 Å². The topological polar surface area (TPSA) is 139 Å². The SMILES string of the molecule is O=P([O-])([O-])C(CCCc1cccc(Oc2ccc(Oc3ccccc3)cc2)c1)S(=O)(=O)[O-].[K+].[K+].[K+]. The Balaban J connectivity index is 0.00000385. The van der Waals surface area contributed by atoms with E-state index in [0.29, 0.717) is 23.0 Å². The van der Waals surface area contributed by atoms with Crippen LogP contribution in [0.25, 0.3) is 0 Å². The van der Waals surface area contributed by atoms with E-state index >= 15 is 0 Å². The Morgan fingerprint density at radius 1 is 0.743 bits per heavy atom. The molecule has 0 spiro atoms. The van der Waals surface area contributed by atoms with Crippen molar-refractivity contribution >= 4 is 17.7 Å². The first-order chi connectivity index (χ1) is 15.1. The van der Waals surface area contributed by atoms with Crippen molar-refractivity contribution in [3.05, 3.63) is 84.4 Å². The number of hydrogen-bond acceptors (Lipinski definition) is 8. The number of ether oxygens (including phenoxy) is 2. The van der Waals surface area contributed by atoms with E-state index in [1.807, 2.05) is 30.3 Å². The van der Waals surface area contributed by atoms with Crippen molar-refractivity contribution < 1.29 is 191 Å². The number of aryl methyl sites for hydroxylation is 1. The van der Waals surface area contributed by atoms with Gasteiger partial charge >= 0.3 is 154 Å². The molecular formula is C22H20K3O8PS. The van der Waals surface area contributed by atoms with Gasteiger partial charge in [0, 0.05) is 0 Å². The summed E-state index contributed by atoms with van der Waals surface area (Å²) in [6.07, 6.45) is -0.243. The van der Waals surface area contributed by atoms with Gasteiger partial charge in [0.2, 0.25) is 0 Å². The van der Waals surface area contributed by atoms with E-state index < -0.39 is 29.1 Å². The molecule has 35 heavy (non-hydrogen) atoms. The molecule has 13 heteroatoms. The third kappa shape index (κ3) is 13.4. The molecule has 0 radical (unpaired) electrons. The zero-order valence-electron chi connectivity index (χ0n) is 19.8. The van der Waals surface area contributed by atoms with E-state index in [2.05, 4.69) is 0 Å². The summed E-state index contributed by atoms with van der Waals surface area (Å²) in [5, 5.41) is 0. The number of rotatable bonds is 10. The van der Waals surface area contributed by atoms with Crippen molar-refractivity contribution in [2.75, 3.05) is 0 Å². The molecule has 0 aliphatic rings. The minimum Gasteiger partial charge on any atom is -0.810 e. The minimum absolute atomic E-state index is 0. The van der Waals surface area contributed by atoms with E-state index in [9.17, 15) is 27.3 Å². The van der Waals surface area contributed by atoms with Gasteiger partial charge in [-0.3, -0.25) is 0 Å². The van der Waals surface area contributed by atoms with Crippen LogP contribution in [0.4, 0.5) is 0 Å². The minimum atomic E-state index is -5.54. The Bertz CT molecular complexity index is 1190. The van der Waals surface area contributed by atoms with Crippen LogP contribution in [0.3, 0.4) is 0 Å². The van der Waals surface area contributed by atoms with E-state index in [1.165, 1.54) is 0 Å². The van der Waals surface area contributed by atoms with E-state index in [1.54, 1.807) is 48.5 Å². The summed E-state index contributed by atoms with van der Waals surface area (Å²) in [4.78, 5) is 19.7. The average Bonchev–Trinajstić information content (AvgIpc) is 2.72. The molecule has 0 saturated heterocycles. The van der Waals surface area contributed by atoms with Crippen molar-refractivity contribution in [2.24, 2.45) is 0 Å². The summed E-state index contributed by atoms with van der Waals surface area (Å²) in [5.74, 6) is 2.45. The Kier molecular flexibility index (Phi) is 19.0. The standard InChI is InChI=1S/C22H23O8PS.3K/c23-31(24,25)22(32(26,27)28)11-5-7-17-6-4-10-21(16-17)30-20-14-12-19(13-15-20)29-18-8-2-1-3-9-18;;;/h1-4,6,8-10,12-16,22H,5,7,11H2,(H2,23,24,25)(H,26,27,28);;;/q;3*+1/p-3. The van der Waals surface area contributed by atoms with Crippen molar-refractivity contribution in [2.45, 2.75) is 24.3 Å². The summed E-state index contributed by atoms with van der Waals surface area (Å²) in [6, 6.07) is 23.3. The maximum absolute atomic E-state index is 11.1. The van der Waals surface area contributed by atoms with Gasteiger partial charge in [-0.2, -0.15) is 0 Å². The fraction of sp³-hybridized carbons (Fsp3) is 0.182. The third-order valence-corrected chi connectivity index (χ3v) is 7.95. The molecule has 0 aromatic heterocycles. The summed E-state index contributed by atoms with van der Waals surface area (Å²) in [5.41, 5.74) is 0.736. The van der Waals surface area contributed by atoms with Crippen LogP contribution in [0.2, 0.25) is 0 Å². The second-order valence-electron chi connectivity index (χ2n) is 7.02. The normalized spacial score (nSPS) is 11.7. The second-order valence-corrected chi connectivity index (χ2v) is 10.6. The third-order valence-electron chi connectivity index (χ3n) is 4.54. The van der Waals surface area contributed by atoms with Gasteiger partial charge < -0.3 is 28.4 Å². The van der Waals surface area contributed by atoms with Crippen LogP contribution in [0.15, 0.2) is 78.9 Å². The van der Waals surface area contributed by atoms with Gasteiger partial charge in [-0.25, -0.2) is 8.42 Å². The molecule has 0 bridgehead atoms. The van der Waals surface area contributed by atoms with Gasteiger partial charge in [-0.15, -0.1) is 0 Å². The molecule has 3 aromatic carbocycles. The van der Waals surface area contributed by atoms with Gasteiger partial charge in [0.1, 0.15) is 33.1 Å². The molecule has 0 N–H and O–H groups in total. The molecule has 3 rings (SSSR count). The van der Waals surface area contributed by atoms with Crippen LogP contribution in [-0.4, -0.2) is 18.0 Å². The Morgan fingerprint density at radius 3 is 1.74 bits per heavy atom. The Labute approximate surface area is 333 Å². The molecule has 0 aliphatic carbocycles. The van der Waals surface area contributed by atoms with E-state index in [0.717, 1.165) is 5.56 Å². The maximum atomic E-state index is 11.1. The molecule has 8 nitrogen and oxygen atoms in total. The fourth-order valence-electron chi connectivity index (χ4n) is 3.04. The van der Waals surface area contributed by atoms with Crippen LogP contribution in [0.1, 0.15) is 18.4 Å². The summed E-state index contributed by atoms with van der Waals surface area (Å²) in [7, 11) is -10.8. The van der Waals surface area contributed by atoms with Crippen LogP contribution in [-0.2, 0) is 21.1 Å². The van der Waals surface area contributed by atoms with Crippen LogP contribution < -0.4 is 173 Å².